The molecule has 0 aromatic rings. The molecule has 0 radical (unpaired) electrons. The largest absolute Gasteiger partial charge is 0.350 e. The number of nitrogens with one attached hydrogen (secondary N) is 2. The number of rotatable bonds is 5. The lowest BCUT2D eigenvalue weighted by Crippen LogP contribution is -2.55. The number of likely N-dealkylation sites (tertiary alicyclic amines) is 1. The van der Waals surface area contributed by atoms with Gasteiger partial charge in [-0.2, -0.15) is 0 Å². The van der Waals surface area contributed by atoms with Gasteiger partial charge in [0, 0.05) is 25.2 Å². The van der Waals surface area contributed by atoms with E-state index < -0.39 is 5.54 Å². The quantitative estimate of drug-likeness (QED) is 0.743. The van der Waals surface area contributed by atoms with E-state index in [1.807, 2.05) is 20.8 Å². The minimum atomic E-state index is -0.457. The smallest absolute Gasteiger partial charge is 0.239 e. The molecular formula is C13H25N3O. The van der Waals surface area contributed by atoms with Gasteiger partial charge in [0.05, 0.1) is 5.54 Å². The Hall–Kier alpha value is -0.610. The van der Waals surface area contributed by atoms with Crippen molar-refractivity contribution in [2.45, 2.75) is 57.7 Å². The van der Waals surface area contributed by atoms with Gasteiger partial charge < -0.3 is 10.6 Å². The van der Waals surface area contributed by atoms with E-state index in [-0.39, 0.29) is 5.91 Å². The number of likely N-dealkylation sites (N-methyl/N-ethyl adjacent to an activating group) is 1. The van der Waals surface area contributed by atoms with Gasteiger partial charge in [-0.15, -0.1) is 0 Å². The fraction of sp³-hybridized carbons (Fsp3) is 0.923. The van der Waals surface area contributed by atoms with Crippen LogP contribution in [0.25, 0.3) is 0 Å². The van der Waals surface area contributed by atoms with E-state index in [1.54, 1.807) is 0 Å². The molecule has 1 aliphatic carbocycles. The maximum Gasteiger partial charge on any atom is 0.239 e. The molecule has 0 aromatic carbocycles. The molecule has 2 rings (SSSR count). The number of carbonyl (C=O) groups is 1. The summed E-state index contributed by atoms with van der Waals surface area (Å²) in [5, 5.41) is 6.39. The van der Waals surface area contributed by atoms with E-state index in [0.29, 0.717) is 6.04 Å². The van der Waals surface area contributed by atoms with Crippen molar-refractivity contribution in [2.24, 2.45) is 0 Å². The Morgan fingerprint density at radius 1 is 1.35 bits per heavy atom. The lowest BCUT2D eigenvalue weighted by atomic mass is 10.0. The predicted octanol–water partition coefficient (Wildman–Crippen LogP) is 0.727. The van der Waals surface area contributed by atoms with Gasteiger partial charge in [-0.1, -0.05) is 6.92 Å². The molecule has 1 saturated heterocycles. The molecule has 1 amide bonds. The number of hydrogen-bond acceptors (Lipinski definition) is 3. The molecule has 0 bridgehead atoms. The van der Waals surface area contributed by atoms with Crippen LogP contribution in [0, 0.1) is 0 Å². The Kier molecular flexibility index (Phi) is 3.73. The normalized spacial score (nSPS) is 26.2. The van der Waals surface area contributed by atoms with Crippen LogP contribution in [0.5, 0.6) is 0 Å². The number of carbonyl (C=O) groups excluding carboxylic acids is 1. The molecule has 2 N–H and O–H groups in total. The van der Waals surface area contributed by atoms with E-state index in [2.05, 4.69) is 15.5 Å². The van der Waals surface area contributed by atoms with Crippen LogP contribution >= 0.6 is 0 Å². The minimum Gasteiger partial charge on any atom is -0.350 e. The molecule has 1 unspecified atom stereocenters. The van der Waals surface area contributed by atoms with Crippen LogP contribution in [-0.2, 0) is 4.79 Å². The third-order valence-corrected chi connectivity index (χ3v) is 3.80. The van der Waals surface area contributed by atoms with Gasteiger partial charge in [-0.3, -0.25) is 9.69 Å². The first-order valence-electron chi connectivity index (χ1n) is 6.83. The summed E-state index contributed by atoms with van der Waals surface area (Å²) in [6, 6.07) is 1.17. The van der Waals surface area contributed by atoms with Gasteiger partial charge in [-0.05, 0) is 39.7 Å². The highest BCUT2D eigenvalue weighted by molar-refractivity contribution is 5.85. The predicted molar refractivity (Wildman–Crippen MR) is 68.9 cm³/mol. The zero-order valence-electron chi connectivity index (χ0n) is 11.3. The van der Waals surface area contributed by atoms with Crippen LogP contribution in [0.3, 0.4) is 0 Å². The van der Waals surface area contributed by atoms with Crippen LogP contribution in [0.2, 0.25) is 0 Å². The van der Waals surface area contributed by atoms with E-state index >= 15 is 0 Å². The molecule has 1 heterocycles. The summed E-state index contributed by atoms with van der Waals surface area (Å²) in [5.74, 6) is 0.127. The highest BCUT2D eigenvalue weighted by atomic mass is 16.2. The monoisotopic (exact) mass is 239 g/mol. The first-order valence-corrected chi connectivity index (χ1v) is 6.83. The van der Waals surface area contributed by atoms with Crippen molar-refractivity contribution in [1.82, 2.24) is 15.5 Å². The van der Waals surface area contributed by atoms with Crippen LogP contribution in [0.1, 0.15) is 40.0 Å². The Morgan fingerprint density at radius 2 is 2.06 bits per heavy atom. The molecule has 0 spiro atoms. The summed E-state index contributed by atoms with van der Waals surface area (Å²) in [4.78, 5) is 14.6. The second kappa shape index (κ2) is 4.94. The summed E-state index contributed by atoms with van der Waals surface area (Å²) in [6.45, 7) is 8.92. The van der Waals surface area contributed by atoms with Gasteiger partial charge >= 0.3 is 0 Å². The summed E-state index contributed by atoms with van der Waals surface area (Å²) >= 11 is 0. The number of amides is 1. The molecule has 1 saturated carbocycles. The third-order valence-electron chi connectivity index (χ3n) is 3.80. The van der Waals surface area contributed by atoms with E-state index in [1.165, 1.54) is 12.8 Å². The van der Waals surface area contributed by atoms with Gasteiger partial charge in [0.25, 0.3) is 0 Å². The highest BCUT2D eigenvalue weighted by Crippen LogP contribution is 2.29. The first-order chi connectivity index (χ1) is 8.03. The molecule has 98 valence electrons. The Balaban J connectivity index is 1.78. The van der Waals surface area contributed by atoms with Crippen molar-refractivity contribution in [1.29, 1.82) is 0 Å². The van der Waals surface area contributed by atoms with Crippen molar-refractivity contribution in [3.8, 4) is 0 Å². The minimum absolute atomic E-state index is 0.127. The second-order valence-electron chi connectivity index (χ2n) is 5.84. The van der Waals surface area contributed by atoms with E-state index in [4.69, 9.17) is 0 Å². The second-order valence-corrected chi connectivity index (χ2v) is 5.84. The van der Waals surface area contributed by atoms with Crippen LogP contribution in [0.15, 0.2) is 0 Å². The molecule has 2 aliphatic rings. The molecule has 1 atom stereocenters. The van der Waals surface area contributed by atoms with Crippen LogP contribution in [-0.4, -0.2) is 48.1 Å². The maximum absolute atomic E-state index is 12.1. The van der Waals surface area contributed by atoms with E-state index in [0.717, 1.165) is 32.1 Å². The first kappa shape index (κ1) is 12.8. The highest BCUT2D eigenvalue weighted by Gasteiger charge is 2.36. The number of hydrogen-bond donors (Lipinski definition) is 2. The van der Waals surface area contributed by atoms with Crippen molar-refractivity contribution in [2.75, 3.05) is 19.6 Å². The summed E-state index contributed by atoms with van der Waals surface area (Å²) in [6.07, 6.45) is 3.80. The standard InChI is InChI=1S/C13H25N3O/c1-4-14-13(2,3)12(17)15-10-7-8-16(9-10)11-5-6-11/h10-11,14H,4-9H2,1-3H3,(H,15,17). The number of nitrogens with zero attached hydrogens (tertiary/aromatic N) is 1. The van der Waals surface area contributed by atoms with Gasteiger partial charge in [0.2, 0.25) is 5.91 Å². The molecule has 0 aromatic heterocycles. The van der Waals surface area contributed by atoms with Crippen molar-refractivity contribution >= 4 is 5.91 Å². The van der Waals surface area contributed by atoms with E-state index in [9.17, 15) is 4.79 Å². The topological polar surface area (TPSA) is 44.4 Å². The average molecular weight is 239 g/mol. The summed E-state index contributed by atoms with van der Waals surface area (Å²) < 4.78 is 0. The van der Waals surface area contributed by atoms with Gasteiger partial charge in [-0.25, -0.2) is 0 Å². The molecular weight excluding hydrogens is 214 g/mol. The maximum atomic E-state index is 12.1. The molecule has 17 heavy (non-hydrogen) atoms. The molecule has 4 nitrogen and oxygen atoms in total. The molecule has 2 fully saturated rings. The summed E-state index contributed by atoms with van der Waals surface area (Å²) in [5.41, 5.74) is -0.457. The Labute approximate surface area is 104 Å². The van der Waals surface area contributed by atoms with Crippen LogP contribution in [0.4, 0.5) is 0 Å². The average Bonchev–Trinajstić information content (AvgIpc) is 3.00. The Morgan fingerprint density at radius 3 is 2.65 bits per heavy atom. The lowest BCUT2D eigenvalue weighted by Gasteiger charge is -2.26. The van der Waals surface area contributed by atoms with Crippen molar-refractivity contribution < 1.29 is 4.79 Å². The SMILES string of the molecule is CCNC(C)(C)C(=O)NC1CCN(C2CC2)C1. The fourth-order valence-electron chi connectivity index (χ4n) is 2.56. The van der Waals surface area contributed by atoms with Gasteiger partial charge in [0.1, 0.15) is 0 Å². The van der Waals surface area contributed by atoms with Crippen LogP contribution < -0.4 is 10.6 Å². The van der Waals surface area contributed by atoms with Crippen molar-refractivity contribution in [3.63, 3.8) is 0 Å². The van der Waals surface area contributed by atoms with Gasteiger partial charge in [0.15, 0.2) is 0 Å². The molecule has 1 aliphatic heterocycles. The van der Waals surface area contributed by atoms with Crippen molar-refractivity contribution in [3.05, 3.63) is 0 Å². The molecule has 4 heteroatoms. The summed E-state index contributed by atoms with van der Waals surface area (Å²) in [7, 11) is 0. The fourth-order valence-corrected chi connectivity index (χ4v) is 2.56. The Bertz CT molecular complexity index is 286. The third kappa shape index (κ3) is 3.19. The lowest BCUT2D eigenvalue weighted by molar-refractivity contribution is -0.127. The zero-order valence-corrected chi connectivity index (χ0v) is 11.3. The zero-order chi connectivity index (χ0) is 12.5.